The van der Waals surface area contributed by atoms with Crippen molar-refractivity contribution in [2.24, 2.45) is 22.5 Å². The molecule has 2 saturated carbocycles. The number of Topliss-reactive ketones (excluding diaryl/α,β-unsaturated/α-hetero) is 2. The number of aliphatic hydroxyl groups is 6. The van der Waals surface area contributed by atoms with E-state index in [1.54, 1.807) is 99.6 Å². The fourth-order valence-corrected chi connectivity index (χ4v) is 15.9. The van der Waals surface area contributed by atoms with Crippen LogP contribution in [0.3, 0.4) is 0 Å². The van der Waals surface area contributed by atoms with Gasteiger partial charge in [0.05, 0.1) is 77.8 Å². The summed E-state index contributed by atoms with van der Waals surface area (Å²) < 4.78 is 47.3. The molecule has 28 heteroatoms. The molecule has 0 radical (unpaired) electrons. The van der Waals surface area contributed by atoms with Gasteiger partial charge >= 0.3 is 23.9 Å². The zero-order valence-electron chi connectivity index (χ0n) is 56.9. The van der Waals surface area contributed by atoms with Crippen molar-refractivity contribution in [3.05, 3.63) is 170 Å². The summed E-state index contributed by atoms with van der Waals surface area (Å²) in [5.41, 5.74) is -4.65. The molecule has 7 aliphatic rings. The van der Waals surface area contributed by atoms with Crippen molar-refractivity contribution in [1.29, 1.82) is 0 Å². The molecular weight excluding hydrogens is 1350 g/mol. The minimum atomic E-state index is -2.39. The summed E-state index contributed by atoms with van der Waals surface area (Å²) in [6.45, 7) is 8.53. The summed E-state index contributed by atoms with van der Waals surface area (Å²) in [6.07, 6.45) is -15.6. The molecule has 1 amide bonds. The molecule has 11 N–H and O–H groups in total. The van der Waals surface area contributed by atoms with Crippen LogP contribution in [-0.4, -0.2) is 192 Å². The van der Waals surface area contributed by atoms with Crippen LogP contribution in [0.15, 0.2) is 120 Å². The van der Waals surface area contributed by atoms with E-state index in [1.165, 1.54) is 51.3 Å². The molecule has 5 aliphatic carbocycles. The van der Waals surface area contributed by atoms with E-state index in [0.717, 1.165) is 13.8 Å². The number of hydrogen-bond acceptors (Lipinski definition) is 26. The first kappa shape index (κ1) is 75.8. The number of halogens is 1. The maximum Gasteiger partial charge on any atom is 0.338 e. The molecule has 102 heavy (non-hydrogen) atoms. The highest BCUT2D eigenvalue weighted by atomic mass is 35.5. The molecule has 0 aromatic heterocycles. The Hall–Kier alpha value is -8.84. The van der Waals surface area contributed by atoms with Gasteiger partial charge in [-0.25, -0.2) is 9.59 Å². The number of methoxy groups -OCH3 is 1. The summed E-state index contributed by atoms with van der Waals surface area (Å²) in [5, 5.41) is 93.9. The van der Waals surface area contributed by atoms with Gasteiger partial charge in [0, 0.05) is 79.7 Å². The number of nitrogens with two attached hydrogens (primary N) is 1. The number of rotatable bonds is 15. The van der Waals surface area contributed by atoms with Crippen molar-refractivity contribution in [3.8, 4) is 17.2 Å². The number of aliphatic hydroxyl groups excluding tert-OH is 4. The molecule has 17 atom stereocenters. The van der Waals surface area contributed by atoms with Gasteiger partial charge < -0.3 is 89.8 Å². The van der Waals surface area contributed by atoms with Crippen LogP contribution in [0.5, 0.6) is 17.2 Å². The summed E-state index contributed by atoms with van der Waals surface area (Å²) >= 11 is 0. The van der Waals surface area contributed by atoms with E-state index in [0.29, 0.717) is 5.56 Å². The number of carbonyl (C=O) groups excluding carboxylic acids is 9. The van der Waals surface area contributed by atoms with Gasteiger partial charge in [0.15, 0.2) is 41.4 Å². The predicted octanol–water partition coefficient (Wildman–Crippen LogP) is 4.16. The number of aromatic hydroxyl groups is 2. The van der Waals surface area contributed by atoms with Crippen LogP contribution in [0, 0.1) is 16.7 Å². The summed E-state index contributed by atoms with van der Waals surface area (Å²) in [6, 6.07) is 26.6. The quantitative estimate of drug-likeness (QED) is 0.0298. The number of amides is 1. The summed E-state index contributed by atoms with van der Waals surface area (Å²) in [4.78, 5) is 123. The predicted molar refractivity (Wildman–Crippen MR) is 357 cm³/mol. The van der Waals surface area contributed by atoms with Crippen LogP contribution >= 0.6 is 12.4 Å². The fourth-order valence-electron chi connectivity index (χ4n) is 15.9. The first-order valence-corrected chi connectivity index (χ1v) is 32.9. The van der Waals surface area contributed by atoms with E-state index < -0.39 is 208 Å². The lowest BCUT2D eigenvalue weighted by atomic mass is 9.44. The second-order valence-corrected chi connectivity index (χ2v) is 27.5. The second-order valence-electron chi connectivity index (χ2n) is 27.5. The average molecular weight is 1430 g/mol. The zero-order chi connectivity index (χ0) is 73.3. The number of benzene rings is 5. The number of phenols is 2. The fraction of sp³-hybridized carbons (Fsp3) is 0.446. The lowest BCUT2D eigenvalue weighted by Gasteiger charge is -2.67. The smallest absolute Gasteiger partial charge is 0.338 e. The minimum Gasteiger partial charge on any atom is -0.507 e. The number of phenolic OH excluding ortho intramolecular Hbond substituents is 2. The van der Waals surface area contributed by atoms with E-state index in [1.807, 2.05) is 0 Å². The Labute approximate surface area is 591 Å². The third kappa shape index (κ3) is 12.8. The zero-order valence-corrected chi connectivity index (χ0v) is 57.7. The van der Waals surface area contributed by atoms with Crippen LogP contribution in [0.1, 0.15) is 156 Å². The third-order valence-electron chi connectivity index (χ3n) is 21.3. The number of ketones is 4. The lowest BCUT2D eigenvalue weighted by Crippen LogP contribution is -2.82. The Morgan fingerprint density at radius 3 is 1.95 bits per heavy atom. The first-order chi connectivity index (χ1) is 47.7. The molecule has 4 fully saturated rings. The van der Waals surface area contributed by atoms with Crippen molar-refractivity contribution >= 4 is 65.3 Å². The van der Waals surface area contributed by atoms with Gasteiger partial charge in [-0.3, -0.25) is 33.6 Å². The lowest BCUT2D eigenvalue weighted by molar-refractivity contribution is -0.346. The maximum atomic E-state index is 15.5. The maximum absolute atomic E-state index is 15.5. The molecule has 4 unspecified atom stereocenters. The Kier molecular flexibility index (Phi) is 21.4. The number of fused-ring (bicyclic) bond motifs is 8. The van der Waals surface area contributed by atoms with Crippen molar-refractivity contribution in [1.82, 2.24) is 5.32 Å². The molecule has 27 nitrogen and oxygen atoms in total. The van der Waals surface area contributed by atoms with Gasteiger partial charge in [0.1, 0.15) is 53.4 Å². The van der Waals surface area contributed by atoms with Crippen LogP contribution in [-0.2, 0) is 63.6 Å². The van der Waals surface area contributed by atoms with E-state index in [9.17, 15) is 79.2 Å². The van der Waals surface area contributed by atoms with E-state index in [-0.39, 0.29) is 82.1 Å². The minimum absolute atomic E-state index is 0. The SMILES string of the molecule is CC(=O)O[C@H]1C(=O)[C@@]2(C)[C@H]([C@H](OC(=O)c3ccccc3)[C@]3(O)C[C@H](OC(=O)[C@H](O)[C@@H](NC(=O)c4ccccc4)c4ccccc4)C(C)=C1C3(C)C)[C@]1(OC(C)=O)CO[C@@H]1C[C@@H]2O.COc1cccc2c1C(=O)c1c(O)c3c(c(O)c1C2=O)C[C@@](O)(C(=O)CO)C[C@@H]3OC1CC(N)C(O)C(C)O1.Cl. The van der Waals surface area contributed by atoms with Gasteiger partial charge in [-0.05, 0) is 67.8 Å². The topological polar surface area (TPSA) is 427 Å². The molecular formula is C74H81ClN2O25. The largest absolute Gasteiger partial charge is 0.507 e. The normalized spacial score (nSPS) is 30.8. The highest BCUT2D eigenvalue weighted by molar-refractivity contribution is 6.31. The first-order valence-electron chi connectivity index (χ1n) is 32.9. The highest BCUT2D eigenvalue weighted by Crippen LogP contribution is 2.65. The number of carbonyl (C=O) groups is 9. The molecule has 12 rings (SSSR count). The van der Waals surface area contributed by atoms with Crippen molar-refractivity contribution in [2.75, 3.05) is 20.3 Å². The third-order valence-corrected chi connectivity index (χ3v) is 21.3. The Morgan fingerprint density at radius 2 is 1.37 bits per heavy atom. The second kappa shape index (κ2) is 28.8. The average Bonchev–Trinajstić information content (AvgIpc) is 0.669. The van der Waals surface area contributed by atoms with Crippen LogP contribution in [0.25, 0.3) is 0 Å². The van der Waals surface area contributed by atoms with Crippen LogP contribution < -0.4 is 15.8 Å². The standard InChI is InChI=1S/C47H51NO14.C27H29NO11.ClH/c1-25-31(60-43(56)36(52)35(28-16-10-7-11-17-28)48-41(54)29-18-12-8-13-19-29)23-47(57)40(61-42(55)30-20-14-9-15-21-30)38-45(6,32(51)22-33-46(38,24-58-33)62-27(3)50)39(53)37(59-26(2)49)34(25)44(47,4)5;1-10-22(31)13(28)6-17(38-10)39-15-8-27(36,16(30)9-29)7-12-19(15)26(35)21-20(24(12)33)23(32)11-4-3-5-14(37-2)18(11)25(21)34;/h7-21,31-33,35-38,40,51-52,57H,22-24H2,1-6H3,(H,48,54);3-5,10,13,15,17,22,29,31,33,35-36H,6-9,28H2,1-2H3;1H/t31-,32-,33+,35-,36+,37+,38-,40-,45+,46-,47+;10?,13?,15-,17?,22?,27-;/m00./s1. The molecule has 5 aromatic carbocycles. The molecule has 2 saturated heterocycles. The van der Waals surface area contributed by atoms with Gasteiger partial charge in [0.2, 0.25) is 5.78 Å². The van der Waals surface area contributed by atoms with Crippen molar-refractivity contribution in [2.45, 2.75) is 171 Å². The molecule has 0 spiro atoms. The molecule has 5 aromatic rings. The van der Waals surface area contributed by atoms with Crippen LogP contribution in [0.4, 0.5) is 0 Å². The Morgan fingerprint density at radius 1 is 0.755 bits per heavy atom. The Bertz CT molecular complexity index is 4180. The van der Waals surface area contributed by atoms with Crippen molar-refractivity contribution in [3.63, 3.8) is 0 Å². The highest BCUT2D eigenvalue weighted by Gasteiger charge is 2.78. The molecule has 544 valence electrons. The Balaban J connectivity index is 0.000000240. The number of ether oxygens (including phenoxy) is 8. The molecule has 2 bridgehead atoms. The number of hydrogen-bond donors (Lipinski definition) is 10. The van der Waals surface area contributed by atoms with E-state index >= 15 is 4.79 Å². The van der Waals surface area contributed by atoms with Crippen molar-refractivity contribution < 1.29 is 122 Å². The summed E-state index contributed by atoms with van der Waals surface area (Å²) in [5.74, 6) is -10.6. The number of esters is 4. The van der Waals surface area contributed by atoms with Gasteiger partial charge in [-0.2, -0.15) is 0 Å². The van der Waals surface area contributed by atoms with Gasteiger partial charge in [-0.15, -0.1) is 12.4 Å². The van der Waals surface area contributed by atoms with Gasteiger partial charge in [-0.1, -0.05) is 92.7 Å². The number of nitrogens with one attached hydrogen (secondary N) is 1. The monoisotopic (exact) mass is 1430 g/mol. The summed E-state index contributed by atoms with van der Waals surface area (Å²) in [7, 11) is 1.32. The molecule has 2 aliphatic heterocycles. The van der Waals surface area contributed by atoms with E-state index in [4.69, 9.17) is 43.6 Å². The van der Waals surface area contributed by atoms with E-state index in [2.05, 4.69) is 5.32 Å². The van der Waals surface area contributed by atoms with Gasteiger partial charge in [0.25, 0.3) is 5.91 Å². The van der Waals surface area contributed by atoms with Crippen LogP contribution in [0.2, 0.25) is 0 Å². The molecule has 2 heterocycles.